The Labute approximate surface area is 241 Å². The molecule has 1 aromatic heterocycles. The molecule has 216 valence electrons. The monoisotopic (exact) mass is 582 g/mol. The molecule has 0 bridgehead atoms. The van der Waals surface area contributed by atoms with Gasteiger partial charge in [0.25, 0.3) is 5.78 Å². The number of carbonyl (C=O) groups excluding carboxylic acids is 3. The Morgan fingerprint density at radius 3 is 2.51 bits per heavy atom. The fraction of sp³-hybridized carbons (Fsp3) is 0.333. The van der Waals surface area contributed by atoms with Gasteiger partial charge in [0.15, 0.2) is 16.6 Å². The number of carbonyl (C=O) groups is 3. The number of benzene rings is 2. The lowest BCUT2D eigenvalue weighted by molar-refractivity contribution is -0.132. The number of halogens is 1. The van der Waals surface area contributed by atoms with Crippen LogP contribution in [0.5, 0.6) is 11.5 Å². The number of ether oxygens (including phenoxy) is 3. The van der Waals surface area contributed by atoms with Crippen molar-refractivity contribution in [1.82, 2.24) is 4.98 Å². The molecule has 41 heavy (non-hydrogen) atoms. The first kappa shape index (κ1) is 29.7. The molecule has 2 aromatic carbocycles. The number of rotatable bonds is 10. The molecule has 9 nitrogen and oxygen atoms in total. The van der Waals surface area contributed by atoms with Crippen molar-refractivity contribution in [2.45, 2.75) is 46.1 Å². The molecule has 1 aliphatic rings. The molecule has 1 aliphatic heterocycles. The second kappa shape index (κ2) is 12.5. The van der Waals surface area contributed by atoms with Crippen molar-refractivity contribution >= 4 is 39.9 Å². The van der Waals surface area contributed by atoms with E-state index in [1.165, 1.54) is 26.4 Å². The fourth-order valence-corrected chi connectivity index (χ4v) is 5.53. The van der Waals surface area contributed by atoms with E-state index in [-0.39, 0.29) is 21.1 Å². The number of amides is 1. The summed E-state index contributed by atoms with van der Waals surface area (Å²) in [5.74, 6) is -2.88. The van der Waals surface area contributed by atoms with Crippen LogP contribution < -0.4 is 14.4 Å². The van der Waals surface area contributed by atoms with Gasteiger partial charge < -0.3 is 19.3 Å². The lowest BCUT2D eigenvalue weighted by Gasteiger charge is -2.24. The topological polar surface area (TPSA) is 115 Å². The number of aryl methyl sites for hydroxylation is 2. The molecular formula is C30H31FN2O7S. The second-order valence-corrected chi connectivity index (χ2v) is 10.5. The molecule has 0 radical (unpaired) electrons. The van der Waals surface area contributed by atoms with Gasteiger partial charge in [-0.1, -0.05) is 49.3 Å². The number of aliphatic hydroxyl groups is 1. The lowest BCUT2D eigenvalue weighted by atomic mass is 9.94. The van der Waals surface area contributed by atoms with Gasteiger partial charge in [-0.05, 0) is 49.6 Å². The van der Waals surface area contributed by atoms with E-state index in [9.17, 15) is 23.9 Å². The number of anilines is 1. The zero-order valence-corrected chi connectivity index (χ0v) is 24.3. The molecule has 0 saturated carbocycles. The molecule has 4 rings (SSSR count). The Hall–Kier alpha value is -4.25. The molecule has 1 fully saturated rings. The third-order valence-corrected chi connectivity index (χ3v) is 7.90. The van der Waals surface area contributed by atoms with E-state index < -0.39 is 35.3 Å². The van der Waals surface area contributed by atoms with Gasteiger partial charge in [0.05, 0.1) is 38.1 Å². The lowest BCUT2D eigenvalue weighted by Crippen LogP contribution is -2.29. The zero-order chi connectivity index (χ0) is 29.8. The highest BCUT2D eigenvalue weighted by atomic mass is 32.1. The van der Waals surface area contributed by atoms with E-state index in [0.717, 1.165) is 41.6 Å². The average molecular weight is 583 g/mol. The number of hydrogen-bond donors (Lipinski definition) is 1. The maximum atomic E-state index is 14.4. The normalized spacial score (nSPS) is 16.2. The van der Waals surface area contributed by atoms with Crippen LogP contribution >= 0.6 is 11.3 Å². The van der Waals surface area contributed by atoms with Crippen LogP contribution in [0.15, 0.2) is 42.0 Å². The molecule has 1 atom stereocenters. The van der Waals surface area contributed by atoms with Crippen molar-refractivity contribution in [3.05, 3.63) is 75.0 Å². The van der Waals surface area contributed by atoms with Crippen LogP contribution in [0.2, 0.25) is 0 Å². The first-order valence-corrected chi connectivity index (χ1v) is 13.9. The van der Waals surface area contributed by atoms with Crippen LogP contribution in [0.25, 0.3) is 5.76 Å². The summed E-state index contributed by atoms with van der Waals surface area (Å²) in [7, 11) is 2.70. The Morgan fingerprint density at radius 2 is 1.85 bits per heavy atom. The minimum Gasteiger partial charge on any atom is -0.507 e. The predicted molar refractivity (Wildman–Crippen MR) is 152 cm³/mol. The van der Waals surface area contributed by atoms with E-state index in [2.05, 4.69) is 11.9 Å². The summed E-state index contributed by atoms with van der Waals surface area (Å²) in [6.07, 6.45) is 2.91. The summed E-state index contributed by atoms with van der Waals surface area (Å²) in [4.78, 5) is 44.9. The number of Topliss-reactive ketones (excluding diaryl/α,β-unsaturated/α-hetero) is 1. The molecule has 1 N–H and O–H groups in total. The first-order chi connectivity index (χ1) is 19.6. The van der Waals surface area contributed by atoms with Gasteiger partial charge in [-0.3, -0.25) is 14.5 Å². The quantitative estimate of drug-likeness (QED) is 0.103. The first-order valence-electron chi connectivity index (χ1n) is 13.1. The predicted octanol–water partition coefficient (Wildman–Crippen LogP) is 5.89. The van der Waals surface area contributed by atoms with Gasteiger partial charge >= 0.3 is 11.9 Å². The number of aliphatic hydroxyl groups excluding tert-OH is 1. The number of thiazole rings is 1. The zero-order valence-electron chi connectivity index (χ0n) is 23.4. The third-order valence-electron chi connectivity index (χ3n) is 6.76. The highest BCUT2D eigenvalue weighted by Gasteiger charge is 2.48. The highest BCUT2D eigenvalue weighted by molar-refractivity contribution is 7.17. The van der Waals surface area contributed by atoms with Gasteiger partial charge in [-0.25, -0.2) is 14.2 Å². The number of nitrogens with zero attached hydrogens (tertiary/aromatic N) is 2. The Balaban J connectivity index is 1.89. The maximum Gasteiger partial charge on any atom is 0.350 e. The number of esters is 1. The summed E-state index contributed by atoms with van der Waals surface area (Å²) in [6, 6.07) is 7.81. The number of methoxy groups -OCH3 is 2. The fourth-order valence-electron chi connectivity index (χ4n) is 4.52. The van der Waals surface area contributed by atoms with Crippen LogP contribution in [0.3, 0.4) is 0 Å². The van der Waals surface area contributed by atoms with E-state index >= 15 is 0 Å². The Morgan fingerprint density at radius 1 is 1.10 bits per heavy atom. The summed E-state index contributed by atoms with van der Waals surface area (Å²) in [5.41, 5.74) is 0.843. The van der Waals surface area contributed by atoms with Crippen molar-refractivity contribution in [2.24, 2.45) is 0 Å². The molecule has 1 saturated heterocycles. The standard InChI is InChI=1S/C30H31FN2O7S/c1-6-7-8-13-40-21-12-11-18(15-22(21)38-4)24-23(25(34)19-10-9-16(2)20(31)14-19)26(35)28(36)33(24)30-32-17(3)27(41-30)29(37)39-5/h9-12,14-15,24,34H,6-8,13H2,1-5H3/b25-23+. The van der Waals surface area contributed by atoms with E-state index in [0.29, 0.717) is 34.9 Å². The average Bonchev–Trinajstić information content (AvgIpc) is 3.47. The summed E-state index contributed by atoms with van der Waals surface area (Å²) >= 11 is 0.883. The van der Waals surface area contributed by atoms with Gasteiger partial charge in [0, 0.05) is 5.56 Å². The summed E-state index contributed by atoms with van der Waals surface area (Å²) < 4.78 is 30.7. The van der Waals surface area contributed by atoms with Gasteiger partial charge in [0.2, 0.25) is 0 Å². The molecule has 2 heterocycles. The molecule has 1 amide bonds. The largest absolute Gasteiger partial charge is 0.507 e. The van der Waals surface area contributed by atoms with E-state index in [1.54, 1.807) is 32.0 Å². The molecule has 11 heteroatoms. The minimum atomic E-state index is -1.17. The van der Waals surface area contributed by atoms with Crippen molar-refractivity contribution in [2.75, 3.05) is 25.7 Å². The summed E-state index contributed by atoms with van der Waals surface area (Å²) in [5, 5.41) is 11.4. The molecule has 3 aromatic rings. The smallest absolute Gasteiger partial charge is 0.350 e. The van der Waals surface area contributed by atoms with Crippen LogP contribution in [0, 0.1) is 19.7 Å². The summed E-state index contributed by atoms with van der Waals surface area (Å²) in [6.45, 7) is 5.73. The number of ketones is 1. The maximum absolute atomic E-state index is 14.4. The molecule has 1 unspecified atom stereocenters. The molecular weight excluding hydrogens is 551 g/mol. The molecule has 0 aliphatic carbocycles. The van der Waals surface area contributed by atoms with Crippen molar-refractivity contribution < 1.29 is 38.1 Å². The van der Waals surface area contributed by atoms with Crippen molar-refractivity contribution in [3.8, 4) is 11.5 Å². The highest BCUT2D eigenvalue weighted by Crippen LogP contribution is 2.45. The van der Waals surface area contributed by atoms with Crippen molar-refractivity contribution in [3.63, 3.8) is 0 Å². The van der Waals surface area contributed by atoms with Crippen LogP contribution in [-0.2, 0) is 14.3 Å². The number of aromatic nitrogens is 1. The second-order valence-electron chi connectivity index (χ2n) is 9.50. The van der Waals surface area contributed by atoms with Crippen LogP contribution in [0.1, 0.15) is 64.3 Å². The minimum absolute atomic E-state index is 0.0320. The third kappa shape index (κ3) is 5.81. The van der Waals surface area contributed by atoms with Gasteiger partial charge in [-0.2, -0.15) is 0 Å². The van der Waals surface area contributed by atoms with Crippen molar-refractivity contribution in [1.29, 1.82) is 0 Å². The number of unbranched alkanes of at least 4 members (excludes halogenated alkanes) is 2. The SMILES string of the molecule is CCCCCOc1ccc(C2/C(=C(\O)c3ccc(C)c(F)c3)C(=O)C(=O)N2c2nc(C)c(C(=O)OC)s2)cc1OC. The Bertz CT molecular complexity index is 1530. The van der Waals surface area contributed by atoms with Crippen LogP contribution in [-0.4, -0.2) is 48.6 Å². The van der Waals surface area contributed by atoms with E-state index in [1.807, 2.05) is 0 Å². The van der Waals surface area contributed by atoms with Crippen LogP contribution in [0.4, 0.5) is 9.52 Å². The van der Waals surface area contributed by atoms with Gasteiger partial charge in [0.1, 0.15) is 16.5 Å². The van der Waals surface area contributed by atoms with Gasteiger partial charge in [-0.15, -0.1) is 0 Å². The Kier molecular flexibility index (Phi) is 9.07. The number of hydrogen-bond acceptors (Lipinski definition) is 9. The van der Waals surface area contributed by atoms with E-state index in [4.69, 9.17) is 14.2 Å². The molecule has 0 spiro atoms.